The SMILES string of the molecule is CCOC(=O)CNC(=O)N1CCSC1c1cccc(F)c1. The number of rotatable bonds is 4. The number of hydrogen-bond acceptors (Lipinski definition) is 4. The molecule has 7 heteroatoms. The molecule has 5 nitrogen and oxygen atoms in total. The highest BCUT2D eigenvalue weighted by Gasteiger charge is 2.31. The molecule has 1 fully saturated rings. The summed E-state index contributed by atoms with van der Waals surface area (Å²) in [4.78, 5) is 25.0. The standard InChI is InChI=1S/C14H17FN2O3S/c1-2-20-12(18)9-16-14(19)17-6-7-21-13(17)10-4-3-5-11(15)8-10/h3-5,8,13H,2,6-7,9H2,1H3,(H,16,19). The lowest BCUT2D eigenvalue weighted by Gasteiger charge is -2.24. The van der Waals surface area contributed by atoms with E-state index in [-0.39, 0.29) is 30.4 Å². The molecule has 2 amide bonds. The van der Waals surface area contributed by atoms with Crippen molar-refractivity contribution in [1.29, 1.82) is 0 Å². The first kappa shape index (κ1) is 15.6. The number of carbonyl (C=O) groups excluding carboxylic acids is 2. The predicted octanol–water partition coefficient (Wildman–Crippen LogP) is 2.15. The van der Waals surface area contributed by atoms with E-state index < -0.39 is 5.97 Å². The maximum atomic E-state index is 13.3. The molecule has 1 unspecified atom stereocenters. The van der Waals surface area contributed by atoms with Crippen LogP contribution in [-0.4, -0.2) is 42.3 Å². The van der Waals surface area contributed by atoms with Gasteiger partial charge < -0.3 is 15.0 Å². The predicted molar refractivity (Wildman–Crippen MR) is 78.3 cm³/mol. The first-order valence-corrected chi connectivity index (χ1v) is 7.74. The summed E-state index contributed by atoms with van der Waals surface area (Å²) in [5.74, 6) is -0.0273. The number of hydrogen-bond donors (Lipinski definition) is 1. The minimum absolute atomic E-state index is 0.163. The largest absolute Gasteiger partial charge is 0.465 e. The Hall–Kier alpha value is -1.76. The van der Waals surface area contributed by atoms with Crippen molar-refractivity contribution >= 4 is 23.8 Å². The van der Waals surface area contributed by atoms with E-state index in [1.165, 1.54) is 12.1 Å². The molecule has 0 radical (unpaired) electrons. The number of amides is 2. The van der Waals surface area contributed by atoms with Gasteiger partial charge in [-0.3, -0.25) is 4.79 Å². The van der Waals surface area contributed by atoms with E-state index in [0.717, 1.165) is 11.3 Å². The van der Waals surface area contributed by atoms with Gasteiger partial charge in [0.1, 0.15) is 17.7 Å². The fraction of sp³-hybridized carbons (Fsp3) is 0.429. The number of nitrogens with zero attached hydrogens (tertiary/aromatic N) is 1. The van der Waals surface area contributed by atoms with Crippen molar-refractivity contribution in [3.05, 3.63) is 35.6 Å². The minimum Gasteiger partial charge on any atom is -0.465 e. The van der Waals surface area contributed by atoms with Gasteiger partial charge in [0.25, 0.3) is 0 Å². The molecule has 1 aliphatic rings. The molecule has 0 saturated carbocycles. The van der Waals surface area contributed by atoms with E-state index in [9.17, 15) is 14.0 Å². The topological polar surface area (TPSA) is 58.6 Å². The Labute approximate surface area is 126 Å². The van der Waals surface area contributed by atoms with Gasteiger partial charge in [-0.05, 0) is 24.6 Å². The molecular formula is C14H17FN2O3S. The molecule has 1 aliphatic heterocycles. The number of benzene rings is 1. The fourth-order valence-corrected chi connectivity index (χ4v) is 3.32. The second-order valence-corrected chi connectivity index (χ2v) is 5.62. The smallest absolute Gasteiger partial charge is 0.325 e. The van der Waals surface area contributed by atoms with Crippen molar-refractivity contribution in [1.82, 2.24) is 10.2 Å². The van der Waals surface area contributed by atoms with Gasteiger partial charge in [-0.1, -0.05) is 12.1 Å². The van der Waals surface area contributed by atoms with E-state index in [4.69, 9.17) is 4.74 Å². The second-order valence-electron chi connectivity index (χ2n) is 4.44. The Morgan fingerprint density at radius 3 is 3.05 bits per heavy atom. The zero-order valence-corrected chi connectivity index (χ0v) is 12.5. The Bertz CT molecular complexity index is 527. The first-order chi connectivity index (χ1) is 10.1. The number of carbonyl (C=O) groups is 2. The van der Waals surface area contributed by atoms with Crippen LogP contribution in [0, 0.1) is 5.82 Å². The summed E-state index contributed by atoms with van der Waals surface area (Å²) in [5.41, 5.74) is 0.740. The molecule has 0 bridgehead atoms. The summed E-state index contributed by atoms with van der Waals surface area (Å²) < 4.78 is 18.1. The van der Waals surface area contributed by atoms with Crippen LogP contribution in [0.3, 0.4) is 0 Å². The number of thioether (sulfide) groups is 1. The number of nitrogens with one attached hydrogen (secondary N) is 1. The van der Waals surface area contributed by atoms with Crippen LogP contribution in [0.15, 0.2) is 24.3 Å². The van der Waals surface area contributed by atoms with Crippen molar-refractivity contribution in [3.8, 4) is 0 Å². The van der Waals surface area contributed by atoms with Crippen LogP contribution in [0.5, 0.6) is 0 Å². The molecule has 21 heavy (non-hydrogen) atoms. The highest BCUT2D eigenvalue weighted by atomic mass is 32.2. The molecule has 1 saturated heterocycles. The van der Waals surface area contributed by atoms with Crippen molar-refractivity contribution in [3.63, 3.8) is 0 Å². The molecule has 0 aliphatic carbocycles. The van der Waals surface area contributed by atoms with Crippen molar-refractivity contribution < 1.29 is 18.7 Å². The summed E-state index contributed by atoms with van der Waals surface area (Å²) in [6.45, 7) is 2.38. The van der Waals surface area contributed by atoms with Crippen molar-refractivity contribution in [2.75, 3.05) is 25.4 Å². The first-order valence-electron chi connectivity index (χ1n) is 6.69. The zero-order chi connectivity index (χ0) is 15.2. The molecule has 1 heterocycles. The molecule has 1 N–H and O–H groups in total. The highest BCUT2D eigenvalue weighted by Crippen LogP contribution is 2.37. The highest BCUT2D eigenvalue weighted by molar-refractivity contribution is 7.99. The van der Waals surface area contributed by atoms with Crippen LogP contribution in [-0.2, 0) is 9.53 Å². The summed E-state index contributed by atoms with van der Waals surface area (Å²) in [7, 11) is 0. The average molecular weight is 312 g/mol. The van der Waals surface area contributed by atoms with Crippen LogP contribution in [0.4, 0.5) is 9.18 Å². The van der Waals surface area contributed by atoms with E-state index in [1.807, 2.05) is 0 Å². The van der Waals surface area contributed by atoms with Crippen LogP contribution >= 0.6 is 11.8 Å². The summed E-state index contributed by atoms with van der Waals surface area (Å²) in [6.07, 6.45) is 0. The van der Waals surface area contributed by atoms with Gasteiger partial charge >= 0.3 is 12.0 Å². The monoisotopic (exact) mass is 312 g/mol. The molecule has 114 valence electrons. The summed E-state index contributed by atoms with van der Waals surface area (Å²) in [6, 6.07) is 5.86. The Balaban J connectivity index is 1.98. The molecule has 0 spiro atoms. The minimum atomic E-state index is -0.472. The lowest BCUT2D eigenvalue weighted by atomic mass is 10.2. The Kier molecular flexibility index (Phi) is 5.44. The van der Waals surface area contributed by atoms with Crippen LogP contribution in [0.1, 0.15) is 17.9 Å². The Morgan fingerprint density at radius 1 is 1.52 bits per heavy atom. The van der Waals surface area contributed by atoms with E-state index in [1.54, 1.807) is 35.7 Å². The van der Waals surface area contributed by atoms with Gasteiger partial charge in [0.05, 0.1) is 6.61 Å². The van der Waals surface area contributed by atoms with Gasteiger partial charge in [-0.2, -0.15) is 0 Å². The van der Waals surface area contributed by atoms with Gasteiger partial charge in [0.2, 0.25) is 0 Å². The van der Waals surface area contributed by atoms with Crippen LogP contribution in [0.25, 0.3) is 0 Å². The third-order valence-corrected chi connectivity index (χ3v) is 4.24. The maximum Gasteiger partial charge on any atom is 0.325 e. The number of esters is 1. The van der Waals surface area contributed by atoms with Crippen molar-refractivity contribution in [2.24, 2.45) is 0 Å². The molecule has 1 atom stereocenters. The second kappa shape index (κ2) is 7.31. The summed E-state index contributed by atoms with van der Waals surface area (Å²) in [5, 5.41) is 2.30. The number of halogens is 1. The lowest BCUT2D eigenvalue weighted by molar-refractivity contribution is -0.141. The third-order valence-electron chi connectivity index (χ3n) is 2.97. The molecule has 1 aromatic carbocycles. The van der Waals surface area contributed by atoms with Crippen LogP contribution in [0.2, 0.25) is 0 Å². The zero-order valence-electron chi connectivity index (χ0n) is 11.7. The van der Waals surface area contributed by atoms with Crippen LogP contribution < -0.4 is 5.32 Å². The van der Waals surface area contributed by atoms with Crippen molar-refractivity contribution in [2.45, 2.75) is 12.3 Å². The number of urea groups is 1. The lowest BCUT2D eigenvalue weighted by Crippen LogP contribution is -2.41. The average Bonchev–Trinajstić information content (AvgIpc) is 2.94. The van der Waals surface area contributed by atoms with Gasteiger partial charge in [-0.25, -0.2) is 9.18 Å². The maximum absolute atomic E-state index is 13.3. The van der Waals surface area contributed by atoms with Gasteiger partial charge in [0.15, 0.2) is 0 Å². The molecule has 0 aromatic heterocycles. The van der Waals surface area contributed by atoms with Gasteiger partial charge in [0, 0.05) is 12.3 Å². The molecule has 1 aromatic rings. The molecular weight excluding hydrogens is 295 g/mol. The summed E-state index contributed by atoms with van der Waals surface area (Å²) >= 11 is 1.57. The van der Waals surface area contributed by atoms with E-state index >= 15 is 0 Å². The third kappa shape index (κ3) is 4.10. The quantitative estimate of drug-likeness (QED) is 0.866. The molecule has 2 rings (SSSR count). The number of ether oxygens (including phenoxy) is 1. The normalized spacial score (nSPS) is 17.6. The fourth-order valence-electron chi connectivity index (χ4n) is 2.08. The Morgan fingerprint density at radius 2 is 2.33 bits per heavy atom. The van der Waals surface area contributed by atoms with E-state index in [2.05, 4.69) is 5.32 Å². The van der Waals surface area contributed by atoms with Gasteiger partial charge in [-0.15, -0.1) is 11.8 Å². The van der Waals surface area contributed by atoms with E-state index in [0.29, 0.717) is 6.54 Å².